The van der Waals surface area contributed by atoms with E-state index in [1.807, 2.05) is 0 Å². The quantitative estimate of drug-likeness (QED) is 0.657. The Hall–Kier alpha value is -0.780. The van der Waals surface area contributed by atoms with E-state index in [1.165, 1.54) is 24.8 Å². The summed E-state index contributed by atoms with van der Waals surface area (Å²) in [6.45, 7) is 9.05. The van der Waals surface area contributed by atoms with Gasteiger partial charge >= 0.3 is 0 Å². The maximum Gasteiger partial charge on any atom is -0.0216 e. The molecule has 0 heteroatoms. The number of hydrogen-bond acceptors (Lipinski definition) is 0. The van der Waals surface area contributed by atoms with Gasteiger partial charge in [-0.2, -0.15) is 0 Å². The fourth-order valence-corrected chi connectivity index (χ4v) is 1.96. The van der Waals surface area contributed by atoms with Gasteiger partial charge in [0.15, 0.2) is 0 Å². The molecule has 0 nitrogen and oxygen atoms in total. The molecular weight excluding hydrogens is 168 g/mol. The molecule has 0 aliphatic rings. The summed E-state index contributed by atoms with van der Waals surface area (Å²) in [6.07, 6.45) is 3.84. The van der Waals surface area contributed by atoms with Gasteiger partial charge in [0, 0.05) is 0 Å². The first kappa shape index (κ1) is 11.3. The molecule has 0 heterocycles. The van der Waals surface area contributed by atoms with Crippen LogP contribution in [0.1, 0.15) is 56.2 Å². The predicted octanol–water partition coefficient (Wildman–Crippen LogP) is 4.46. The summed E-state index contributed by atoms with van der Waals surface area (Å²) < 4.78 is 0. The second kappa shape index (κ2) is 5.19. The van der Waals surface area contributed by atoms with Crippen LogP contribution in [0.2, 0.25) is 0 Å². The maximum absolute atomic E-state index is 2.28. The molecule has 0 aromatic heterocycles. The number of aryl methyl sites for hydroxylation is 1. The van der Waals surface area contributed by atoms with Crippen LogP contribution in [-0.2, 0) is 6.42 Å². The maximum atomic E-state index is 2.28. The average Bonchev–Trinajstić information content (AvgIpc) is 2.15. The monoisotopic (exact) mass is 190 g/mol. The largest absolute Gasteiger partial charge is 0.0654 e. The molecule has 0 amide bonds. The summed E-state index contributed by atoms with van der Waals surface area (Å²) in [5.41, 5.74) is 4.59. The predicted molar refractivity (Wildman–Crippen MR) is 63.9 cm³/mol. The topological polar surface area (TPSA) is 0 Å². The zero-order valence-corrected chi connectivity index (χ0v) is 9.93. The van der Waals surface area contributed by atoms with E-state index in [1.54, 1.807) is 11.1 Å². The van der Waals surface area contributed by atoms with E-state index >= 15 is 0 Å². The van der Waals surface area contributed by atoms with Gasteiger partial charge in [0.25, 0.3) is 0 Å². The van der Waals surface area contributed by atoms with Gasteiger partial charge in [-0.3, -0.25) is 0 Å². The Labute approximate surface area is 88.4 Å². The second-order valence-corrected chi connectivity index (χ2v) is 4.40. The SMILES string of the molecule is CCCCc1c(C)cccc1C(C)C. The molecule has 78 valence electrons. The summed E-state index contributed by atoms with van der Waals surface area (Å²) in [4.78, 5) is 0. The molecular formula is C14H22. The Morgan fingerprint density at radius 1 is 1.21 bits per heavy atom. The third-order valence-electron chi connectivity index (χ3n) is 2.85. The minimum absolute atomic E-state index is 0.654. The van der Waals surface area contributed by atoms with E-state index in [-0.39, 0.29) is 0 Å². The second-order valence-electron chi connectivity index (χ2n) is 4.40. The number of benzene rings is 1. The highest BCUT2D eigenvalue weighted by molar-refractivity contribution is 5.36. The van der Waals surface area contributed by atoms with Crippen LogP contribution in [0, 0.1) is 6.92 Å². The summed E-state index contributed by atoms with van der Waals surface area (Å²) in [5, 5.41) is 0. The van der Waals surface area contributed by atoms with Gasteiger partial charge in [-0.05, 0) is 42.4 Å². The molecule has 0 radical (unpaired) electrons. The minimum Gasteiger partial charge on any atom is -0.0654 e. The van der Waals surface area contributed by atoms with Gasteiger partial charge in [-0.15, -0.1) is 0 Å². The molecule has 0 aliphatic carbocycles. The van der Waals surface area contributed by atoms with E-state index in [0.29, 0.717) is 5.92 Å². The molecule has 0 bridgehead atoms. The molecule has 0 aliphatic heterocycles. The Balaban J connectivity index is 2.96. The van der Waals surface area contributed by atoms with E-state index in [0.717, 1.165) is 0 Å². The minimum atomic E-state index is 0.654. The van der Waals surface area contributed by atoms with Crippen molar-refractivity contribution < 1.29 is 0 Å². The lowest BCUT2D eigenvalue weighted by atomic mass is 9.91. The van der Waals surface area contributed by atoms with Crippen LogP contribution in [0.5, 0.6) is 0 Å². The highest BCUT2D eigenvalue weighted by Gasteiger charge is 2.07. The first-order valence-electron chi connectivity index (χ1n) is 5.75. The van der Waals surface area contributed by atoms with Crippen molar-refractivity contribution in [3.63, 3.8) is 0 Å². The first-order chi connectivity index (χ1) is 6.66. The Bertz CT molecular complexity index is 284. The zero-order valence-electron chi connectivity index (χ0n) is 9.93. The Morgan fingerprint density at radius 3 is 2.50 bits per heavy atom. The summed E-state index contributed by atoms with van der Waals surface area (Å²) >= 11 is 0. The number of rotatable bonds is 4. The van der Waals surface area contributed by atoms with Gasteiger partial charge in [-0.1, -0.05) is 45.4 Å². The lowest BCUT2D eigenvalue weighted by molar-refractivity contribution is 0.763. The molecule has 0 spiro atoms. The van der Waals surface area contributed by atoms with Crippen LogP contribution < -0.4 is 0 Å². The molecule has 0 fully saturated rings. The van der Waals surface area contributed by atoms with E-state index < -0.39 is 0 Å². The third-order valence-corrected chi connectivity index (χ3v) is 2.85. The van der Waals surface area contributed by atoms with Gasteiger partial charge in [0.05, 0.1) is 0 Å². The van der Waals surface area contributed by atoms with Gasteiger partial charge in [-0.25, -0.2) is 0 Å². The summed E-state index contributed by atoms with van der Waals surface area (Å²) in [7, 11) is 0. The molecule has 1 aromatic rings. The van der Waals surface area contributed by atoms with Crippen molar-refractivity contribution >= 4 is 0 Å². The fraction of sp³-hybridized carbons (Fsp3) is 0.571. The first-order valence-corrected chi connectivity index (χ1v) is 5.75. The Kier molecular flexibility index (Phi) is 4.19. The molecule has 1 aromatic carbocycles. The van der Waals surface area contributed by atoms with Crippen LogP contribution in [0.25, 0.3) is 0 Å². The lowest BCUT2D eigenvalue weighted by Crippen LogP contribution is -1.99. The van der Waals surface area contributed by atoms with Crippen molar-refractivity contribution in [1.82, 2.24) is 0 Å². The molecule has 14 heavy (non-hydrogen) atoms. The van der Waals surface area contributed by atoms with Gasteiger partial charge < -0.3 is 0 Å². The van der Waals surface area contributed by atoms with Crippen molar-refractivity contribution in [2.24, 2.45) is 0 Å². The Morgan fingerprint density at radius 2 is 1.93 bits per heavy atom. The molecule has 0 saturated carbocycles. The van der Waals surface area contributed by atoms with Crippen LogP contribution in [-0.4, -0.2) is 0 Å². The smallest absolute Gasteiger partial charge is 0.0216 e. The summed E-state index contributed by atoms with van der Waals surface area (Å²) in [6, 6.07) is 6.69. The van der Waals surface area contributed by atoms with Gasteiger partial charge in [0.1, 0.15) is 0 Å². The average molecular weight is 190 g/mol. The van der Waals surface area contributed by atoms with E-state index in [4.69, 9.17) is 0 Å². The number of hydrogen-bond donors (Lipinski definition) is 0. The third kappa shape index (κ3) is 2.60. The van der Waals surface area contributed by atoms with Crippen LogP contribution in [0.15, 0.2) is 18.2 Å². The lowest BCUT2D eigenvalue weighted by Gasteiger charge is -2.15. The van der Waals surface area contributed by atoms with Crippen molar-refractivity contribution in [2.45, 2.75) is 52.9 Å². The molecule has 0 N–H and O–H groups in total. The van der Waals surface area contributed by atoms with Crippen LogP contribution in [0.4, 0.5) is 0 Å². The highest BCUT2D eigenvalue weighted by Crippen LogP contribution is 2.23. The van der Waals surface area contributed by atoms with E-state index in [9.17, 15) is 0 Å². The van der Waals surface area contributed by atoms with Gasteiger partial charge in [0.2, 0.25) is 0 Å². The van der Waals surface area contributed by atoms with Crippen molar-refractivity contribution in [3.05, 3.63) is 34.9 Å². The number of unbranched alkanes of at least 4 members (excludes halogenated alkanes) is 1. The van der Waals surface area contributed by atoms with E-state index in [2.05, 4.69) is 45.9 Å². The fourth-order valence-electron chi connectivity index (χ4n) is 1.96. The normalized spacial score (nSPS) is 10.9. The molecule has 0 unspecified atom stereocenters. The van der Waals surface area contributed by atoms with Crippen molar-refractivity contribution in [1.29, 1.82) is 0 Å². The van der Waals surface area contributed by atoms with Crippen molar-refractivity contribution in [3.8, 4) is 0 Å². The van der Waals surface area contributed by atoms with Crippen molar-refractivity contribution in [2.75, 3.05) is 0 Å². The standard InChI is InChI=1S/C14H22/c1-5-6-9-14-12(4)8-7-10-13(14)11(2)3/h7-8,10-11H,5-6,9H2,1-4H3. The summed E-state index contributed by atoms with van der Waals surface area (Å²) in [5.74, 6) is 0.654. The highest BCUT2D eigenvalue weighted by atomic mass is 14.1. The zero-order chi connectivity index (χ0) is 10.6. The van der Waals surface area contributed by atoms with Crippen LogP contribution >= 0.6 is 0 Å². The molecule has 1 rings (SSSR count). The molecule has 0 saturated heterocycles. The molecule has 0 atom stereocenters. The van der Waals surface area contributed by atoms with Crippen LogP contribution in [0.3, 0.4) is 0 Å².